The minimum absolute atomic E-state index is 0.0859. The van der Waals surface area contributed by atoms with E-state index < -0.39 is 6.10 Å². The van der Waals surface area contributed by atoms with E-state index in [9.17, 15) is 4.79 Å². The molecule has 0 radical (unpaired) electrons. The highest BCUT2D eigenvalue weighted by Crippen LogP contribution is 2.21. The van der Waals surface area contributed by atoms with E-state index in [1.165, 1.54) is 0 Å². The molecule has 0 aliphatic rings. The number of aryl methyl sites for hydroxylation is 1. The Bertz CT molecular complexity index is 432. The summed E-state index contributed by atoms with van der Waals surface area (Å²) in [6.07, 6.45) is 1.51. The summed E-state index contributed by atoms with van der Waals surface area (Å²) in [6, 6.07) is 5.58. The normalized spacial score (nSPS) is 13.7. The molecule has 2 atom stereocenters. The van der Waals surface area contributed by atoms with Gasteiger partial charge >= 0.3 is 0 Å². The Morgan fingerprint density at radius 1 is 1.42 bits per heavy atom. The molecule has 1 rings (SSSR count). The summed E-state index contributed by atoms with van der Waals surface area (Å²) >= 11 is 0. The molecule has 0 fully saturated rings. The van der Waals surface area contributed by atoms with Crippen molar-refractivity contribution in [3.8, 4) is 5.75 Å². The molecule has 1 amide bonds. The van der Waals surface area contributed by atoms with Crippen LogP contribution in [0.5, 0.6) is 5.75 Å². The molecule has 19 heavy (non-hydrogen) atoms. The third kappa shape index (κ3) is 4.81. The molecular weight excluding hydrogens is 240 g/mol. The standard InChI is InChI=1S/C15H24N2O2/c1-5-6-11(3)17-15(18)12(4)19-14-8-7-13(16)9-10(14)2/h7-9,11-12H,5-6,16H2,1-4H3,(H,17,18). The number of rotatable bonds is 6. The molecule has 1 aromatic carbocycles. The summed E-state index contributed by atoms with van der Waals surface area (Å²) in [5.41, 5.74) is 7.31. The number of hydrogen-bond donors (Lipinski definition) is 2. The molecular formula is C15H24N2O2. The van der Waals surface area contributed by atoms with Crippen molar-refractivity contribution in [1.29, 1.82) is 0 Å². The van der Waals surface area contributed by atoms with Crippen LogP contribution in [0.3, 0.4) is 0 Å². The number of nitrogens with two attached hydrogens (primary N) is 1. The lowest BCUT2D eigenvalue weighted by Crippen LogP contribution is -2.41. The molecule has 0 bridgehead atoms. The number of ether oxygens (including phenoxy) is 1. The van der Waals surface area contributed by atoms with Crippen molar-refractivity contribution in [2.45, 2.75) is 52.7 Å². The van der Waals surface area contributed by atoms with E-state index in [2.05, 4.69) is 12.2 Å². The summed E-state index contributed by atoms with van der Waals surface area (Å²) in [7, 11) is 0. The fraction of sp³-hybridized carbons (Fsp3) is 0.533. The van der Waals surface area contributed by atoms with Crippen LogP contribution in [0.1, 0.15) is 39.2 Å². The average molecular weight is 264 g/mol. The van der Waals surface area contributed by atoms with Gasteiger partial charge in [-0.15, -0.1) is 0 Å². The molecule has 0 saturated carbocycles. The average Bonchev–Trinajstić information content (AvgIpc) is 2.32. The minimum atomic E-state index is -0.512. The van der Waals surface area contributed by atoms with E-state index in [4.69, 9.17) is 10.5 Å². The molecule has 4 heteroatoms. The molecule has 0 aromatic heterocycles. The SMILES string of the molecule is CCCC(C)NC(=O)C(C)Oc1ccc(N)cc1C. The second-order valence-corrected chi connectivity index (χ2v) is 4.98. The fourth-order valence-corrected chi connectivity index (χ4v) is 1.91. The van der Waals surface area contributed by atoms with Crippen LogP contribution >= 0.6 is 0 Å². The van der Waals surface area contributed by atoms with Gasteiger partial charge in [0.1, 0.15) is 5.75 Å². The summed E-state index contributed by atoms with van der Waals surface area (Å²) in [4.78, 5) is 12.0. The van der Waals surface area contributed by atoms with Crippen molar-refractivity contribution >= 4 is 11.6 Å². The van der Waals surface area contributed by atoms with Gasteiger partial charge in [0.2, 0.25) is 0 Å². The summed E-state index contributed by atoms with van der Waals surface area (Å²) < 4.78 is 5.67. The highest BCUT2D eigenvalue weighted by Gasteiger charge is 2.17. The van der Waals surface area contributed by atoms with Crippen LogP contribution < -0.4 is 15.8 Å². The molecule has 3 N–H and O–H groups in total. The van der Waals surface area contributed by atoms with Crippen LogP contribution in [0.15, 0.2) is 18.2 Å². The van der Waals surface area contributed by atoms with Crippen molar-refractivity contribution in [2.75, 3.05) is 5.73 Å². The van der Waals surface area contributed by atoms with E-state index in [1.807, 2.05) is 19.9 Å². The number of carbonyl (C=O) groups excluding carboxylic acids is 1. The third-order valence-electron chi connectivity index (χ3n) is 2.98. The number of nitrogens with one attached hydrogen (secondary N) is 1. The minimum Gasteiger partial charge on any atom is -0.481 e. The third-order valence-corrected chi connectivity index (χ3v) is 2.98. The molecule has 0 saturated heterocycles. The lowest BCUT2D eigenvalue weighted by Gasteiger charge is -2.19. The molecule has 1 aromatic rings. The molecule has 2 unspecified atom stereocenters. The van der Waals surface area contributed by atoms with E-state index in [0.717, 1.165) is 18.4 Å². The molecule has 106 valence electrons. The number of carbonyl (C=O) groups is 1. The lowest BCUT2D eigenvalue weighted by atomic mass is 10.2. The van der Waals surface area contributed by atoms with Crippen molar-refractivity contribution in [3.63, 3.8) is 0 Å². The first-order valence-corrected chi connectivity index (χ1v) is 6.77. The fourth-order valence-electron chi connectivity index (χ4n) is 1.91. The van der Waals surface area contributed by atoms with E-state index in [1.54, 1.807) is 19.1 Å². The van der Waals surface area contributed by atoms with Gasteiger partial charge in [0, 0.05) is 11.7 Å². The molecule has 0 aliphatic carbocycles. The summed E-state index contributed by atoms with van der Waals surface area (Å²) in [6.45, 7) is 7.77. The van der Waals surface area contributed by atoms with Crippen molar-refractivity contribution < 1.29 is 9.53 Å². The Balaban J connectivity index is 2.58. The van der Waals surface area contributed by atoms with Gasteiger partial charge in [0.25, 0.3) is 5.91 Å². The number of benzene rings is 1. The summed E-state index contributed by atoms with van der Waals surface area (Å²) in [5.74, 6) is 0.608. The van der Waals surface area contributed by atoms with Crippen molar-refractivity contribution in [2.24, 2.45) is 0 Å². The molecule has 0 aliphatic heterocycles. The molecule has 4 nitrogen and oxygen atoms in total. The highest BCUT2D eigenvalue weighted by atomic mass is 16.5. The zero-order valence-electron chi connectivity index (χ0n) is 12.2. The Hall–Kier alpha value is -1.71. The highest BCUT2D eigenvalue weighted by molar-refractivity contribution is 5.81. The van der Waals surface area contributed by atoms with E-state index in [-0.39, 0.29) is 11.9 Å². The maximum Gasteiger partial charge on any atom is 0.260 e. The Kier molecular flexibility index (Phi) is 5.67. The number of amides is 1. The van der Waals surface area contributed by atoms with Crippen LogP contribution in [0.25, 0.3) is 0 Å². The van der Waals surface area contributed by atoms with Crippen molar-refractivity contribution in [1.82, 2.24) is 5.32 Å². The van der Waals surface area contributed by atoms with Crippen molar-refractivity contribution in [3.05, 3.63) is 23.8 Å². The maximum absolute atomic E-state index is 12.0. The largest absolute Gasteiger partial charge is 0.481 e. The Labute approximate surface area is 115 Å². The van der Waals surface area contributed by atoms with Gasteiger partial charge in [0.15, 0.2) is 6.10 Å². The first-order valence-electron chi connectivity index (χ1n) is 6.77. The number of nitrogen functional groups attached to an aromatic ring is 1. The van der Waals surface area contributed by atoms with Crippen LogP contribution in [-0.2, 0) is 4.79 Å². The second-order valence-electron chi connectivity index (χ2n) is 4.98. The summed E-state index contributed by atoms with van der Waals surface area (Å²) in [5, 5.41) is 2.94. The first-order chi connectivity index (χ1) is 8.93. The van der Waals surface area contributed by atoms with Crippen LogP contribution in [0.4, 0.5) is 5.69 Å². The van der Waals surface area contributed by atoms with Gasteiger partial charge in [-0.2, -0.15) is 0 Å². The smallest absolute Gasteiger partial charge is 0.260 e. The van der Waals surface area contributed by atoms with Gasteiger partial charge in [-0.1, -0.05) is 13.3 Å². The van der Waals surface area contributed by atoms with E-state index in [0.29, 0.717) is 11.4 Å². The number of anilines is 1. The second kappa shape index (κ2) is 7.02. The molecule has 0 heterocycles. The monoisotopic (exact) mass is 264 g/mol. The van der Waals surface area contributed by atoms with Crippen LogP contribution in [0.2, 0.25) is 0 Å². The van der Waals surface area contributed by atoms with Crippen LogP contribution in [-0.4, -0.2) is 18.1 Å². The topological polar surface area (TPSA) is 64.3 Å². The zero-order chi connectivity index (χ0) is 14.4. The quantitative estimate of drug-likeness (QED) is 0.776. The Morgan fingerprint density at radius 2 is 2.11 bits per heavy atom. The first kappa shape index (κ1) is 15.3. The number of hydrogen-bond acceptors (Lipinski definition) is 3. The predicted octanol–water partition coefficient (Wildman–Crippen LogP) is 2.65. The van der Waals surface area contributed by atoms with Gasteiger partial charge in [-0.25, -0.2) is 0 Å². The van der Waals surface area contributed by atoms with Crippen LogP contribution in [0, 0.1) is 6.92 Å². The zero-order valence-corrected chi connectivity index (χ0v) is 12.2. The predicted molar refractivity (Wildman–Crippen MR) is 78.2 cm³/mol. The lowest BCUT2D eigenvalue weighted by molar-refractivity contribution is -0.127. The van der Waals surface area contributed by atoms with Gasteiger partial charge < -0.3 is 15.8 Å². The van der Waals surface area contributed by atoms with Gasteiger partial charge in [-0.3, -0.25) is 4.79 Å². The van der Waals surface area contributed by atoms with E-state index >= 15 is 0 Å². The Morgan fingerprint density at radius 3 is 2.68 bits per heavy atom. The maximum atomic E-state index is 12.0. The van der Waals surface area contributed by atoms with Gasteiger partial charge in [-0.05, 0) is 51.0 Å². The molecule has 0 spiro atoms. The van der Waals surface area contributed by atoms with Gasteiger partial charge in [0.05, 0.1) is 0 Å².